The minimum absolute atomic E-state index is 0.856. The lowest BCUT2D eigenvalue weighted by atomic mass is 10.2. The Morgan fingerprint density at radius 2 is 1.93 bits per heavy atom. The van der Waals surface area contributed by atoms with Crippen LogP contribution in [0.15, 0.2) is 28.8 Å². The van der Waals surface area contributed by atoms with Crippen molar-refractivity contribution in [2.75, 3.05) is 31.1 Å². The van der Waals surface area contributed by atoms with Crippen LogP contribution < -0.4 is 10.2 Å². The molecule has 0 N–H and O–H groups in total. The molecule has 0 saturated carbocycles. The lowest BCUT2D eigenvalue weighted by Crippen LogP contribution is -2.40. The maximum atomic E-state index is 5.28. The van der Waals surface area contributed by atoms with E-state index in [4.69, 9.17) is 4.52 Å². The Labute approximate surface area is 87.8 Å². The van der Waals surface area contributed by atoms with E-state index in [1.807, 2.05) is 24.3 Å². The molecule has 1 fully saturated rings. The van der Waals surface area contributed by atoms with Crippen molar-refractivity contribution < 1.29 is 4.52 Å². The van der Waals surface area contributed by atoms with Crippen LogP contribution in [0, 0.1) is 0 Å². The molecule has 0 spiro atoms. The molecule has 0 bridgehead atoms. The van der Waals surface area contributed by atoms with Gasteiger partial charge in [-0.3, -0.25) is 0 Å². The van der Waals surface area contributed by atoms with Crippen molar-refractivity contribution in [3.8, 4) is 0 Å². The van der Waals surface area contributed by atoms with Gasteiger partial charge >= 0.3 is 0 Å². The average molecular weight is 202 g/mol. The first-order valence-corrected chi connectivity index (χ1v) is 5.18. The van der Waals surface area contributed by atoms with E-state index in [9.17, 15) is 0 Å². The summed E-state index contributed by atoms with van der Waals surface area (Å²) in [6.45, 7) is 3.66. The Bertz CT molecular complexity index is 460. The topological polar surface area (TPSA) is 43.4 Å². The van der Waals surface area contributed by atoms with E-state index in [0.717, 1.165) is 43.0 Å². The van der Waals surface area contributed by atoms with Gasteiger partial charge in [0, 0.05) is 26.2 Å². The number of nitrogens with zero attached hydrogens (tertiary/aromatic N) is 3. The third-order valence-electron chi connectivity index (χ3n) is 2.71. The molecule has 0 amide bonds. The predicted octanol–water partition coefficient (Wildman–Crippen LogP) is 1.25. The van der Waals surface area contributed by atoms with E-state index in [-0.39, 0.29) is 0 Å². The fraction of sp³-hybridized carbons (Fsp3) is 0.364. The second-order valence-corrected chi connectivity index (χ2v) is 3.66. The van der Waals surface area contributed by atoms with Gasteiger partial charge in [0.15, 0.2) is 11.4 Å². The summed E-state index contributed by atoms with van der Waals surface area (Å²) in [6.07, 6.45) is 0. The number of benzene rings is 1. The van der Waals surface area contributed by atoms with Crippen molar-refractivity contribution >= 4 is 16.8 Å². The normalized spacial score (nSPS) is 17.2. The van der Waals surface area contributed by atoms with Crippen LogP contribution in [-0.2, 0) is 0 Å². The number of hydrogen-bond acceptors (Lipinski definition) is 3. The maximum Gasteiger partial charge on any atom is 0.180 e. The summed E-state index contributed by atoms with van der Waals surface area (Å²) in [5, 5.41) is 9.54. The van der Waals surface area contributed by atoms with Crippen molar-refractivity contribution in [2.24, 2.45) is 0 Å². The zero-order valence-electron chi connectivity index (χ0n) is 8.39. The molecule has 4 nitrogen and oxygen atoms in total. The van der Waals surface area contributed by atoms with E-state index >= 15 is 0 Å². The van der Waals surface area contributed by atoms with Gasteiger partial charge in [0.1, 0.15) is 0 Å². The van der Waals surface area contributed by atoms with Gasteiger partial charge in [0.05, 0.1) is 5.39 Å². The van der Waals surface area contributed by atoms with Crippen molar-refractivity contribution in [1.29, 1.82) is 0 Å². The molecular weight excluding hydrogens is 190 g/mol. The van der Waals surface area contributed by atoms with E-state index in [2.05, 4.69) is 15.4 Å². The molecule has 15 heavy (non-hydrogen) atoms. The number of hydrogen-bond donors (Lipinski definition) is 0. The summed E-state index contributed by atoms with van der Waals surface area (Å²) < 4.78 is 5.28. The second-order valence-electron chi connectivity index (χ2n) is 3.66. The van der Waals surface area contributed by atoms with Gasteiger partial charge in [-0.25, -0.2) is 5.32 Å². The molecule has 1 aliphatic rings. The van der Waals surface area contributed by atoms with E-state index in [1.54, 1.807) is 0 Å². The lowest BCUT2D eigenvalue weighted by Gasteiger charge is -2.25. The number of anilines is 1. The van der Waals surface area contributed by atoms with Crippen molar-refractivity contribution in [3.63, 3.8) is 0 Å². The molecule has 1 aromatic carbocycles. The third-order valence-corrected chi connectivity index (χ3v) is 2.71. The fourth-order valence-electron chi connectivity index (χ4n) is 1.92. The quantitative estimate of drug-likeness (QED) is 0.699. The molecule has 3 rings (SSSR count). The minimum Gasteiger partial charge on any atom is -0.354 e. The summed E-state index contributed by atoms with van der Waals surface area (Å²) in [5.74, 6) is 0.959. The van der Waals surface area contributed by atoms with Crippen LogP contribution in [0.25, 0.3) is 11.0 Å². The van der Waals surface area contributed by atoms with E-state index in [1.165, 1.54) is 0 Å². The van der Waals surface area contributed by atoms with Crippen LogP contribution in [-0.4, -0.2) is 31.3 Å². The van der Waals surface area contributed by atoms with E-state index < -0.39 is 0 Å². The molecule has 1 aliphatic heterocycles. The molecule has 0 unspecified atom stereocenters. The Morgan fingerprint density at radius 1 is 1.13 bits per heavy atom. The average Bonchev–Trinajstić information content (AvgIpc) is 2.74. The summed E-state index contributed by atoms with van der Waals surface area (Å²) in [6, 6.07) is 7.97. The van der Waals surface area contributed by atoms with Gasteiger partial charge in [-0.2, -0.15) is 0 Å². The zero-order valence-corrected chi connectivity index (χ0v) is 8.39. The Hall–Kier alpha value is -1.55. The maximum absolute atomic E-state index is 5.28. The van der Waals surface area contributed by atoms with Gasteiger partial charge < -0.3 is 9.42 Å². The summed E-state index contributed by atoms with van der Waals surface area (Å²) in [5.41, 5.74) is 0.856. The van der Waals surface area contributed by atoms with Crippen LogP contribution in [0.2, 0.25) is 0 Å². The van der Waals surface area contributed by atoms with E-state index in [0.29, 0.717) is 0 Å². The van der Waals surface area contributed by atoms with Crippen LogP contribution in [0.1, 0.15) is 0 Å². The Kier molecular flexibility index (Phi) is 2.07. The fourth-order valence-corrected chi connectivity index (χ4v) is 1.92. The highest BCUT2D eigenvalue weighted by Gasteiger charge is 2.17. The summed E-state index contributed by atoms with van der Waals surface area (Å²) in [4.78, 5) is 2.23. The summed E-state index contributed by atoms with van der Waals surface area (Å²) >= 11 is 0. The summed E-state index contributed by atoms with van der Waals surface area (Å²) in [7, 11) is 0. The molecule has 2 aromatic rings. The van der Waals surface area contributed by atoms with Crippen LogP contribution >= 0.6 is 0 Å². The number of para-hydroxylation sites is 1. The van der Waals surface area contributed by atoms with Gasteiger partial charge in [-0.05, 0) is 12.1 Å². The highest BCUT2D eigenvalue weighted by atomic mass is 16.5. The number of rotatable bonds is 1. The highest BCUT2D eigenvalue weighted by molar-refractivity contribution is 5.88. The Morgan fingerprint density at radius 3 is 2.80 bits per heavy atom. The van der Waals surface area contributed by atoms with Crippen LogP contribution in [0.4, 0.5) is 5.82 Å². The van der Waals surface area contributed by atoms with Crippen LogP contribution in [0.5, 0.6) is 0 Å². The molecule has 4 heteroatoms. The number of aromatic nitrogens is 1. The first-order valence-electron chi connectivity index (χ1n) is 5.18. The van der Waals surface area contributed by atoms with Gasteiger partial charge in [0.2, 0.25) is 0 Å². The molecule has 1 saturated heterocycles. The second kappa shape index (κ2) is 3.55. The standard InChI is InChI=1S/C11H12N3O/c1-2-4-10-9(3-1)11(13-15-10)14-7-5-12-6-8-14/h1-4H,5-8H2. The smallest absolute Gasteiger partial charge is 0.180 e. The van der Waals surface area contributed by atoms with Crippen molar-refractivity contribution in [3.05, 3.63) is 24.3 Å². The first-order chi connectivity index (χ1) is 7.45. The highest BCUT2D eigenvalue weighted by Crippen LogP contribution is 2.25. The van der Waals surface area contributed by atoms with Gasteiger partial charge in [-0.15, -0.1) is 0 Å². The largest absolute Gasteiger partial charge is 0.354 e. The molecule has 1 aromatic heterocycles. The molecule has 0 atom stereocenters. The monoisotopic (exact) mass is 202 g/mol. The zero-order chi connectivity index (χ0) is 10.1. The third kappa shape index (κ3) is 1.47. The molecule has 77 valence electrons. The lowest BCUT2D eigenvalue weighted by molar-refractivity contribution is 0.450. The van der Waals surface area contributed by atoms with Crippen LogP contribution in [0.3, 0.4) is 0 Å². The Balaban J connectivity index is 2.02. The molecular formula is C11H12N3O. The SMILES string of the molecule is c1ccc2c(N3CC[N]CC3)noc2c1. The van der Waals surface area contributed by atoms with Crippen molar-refractivity contribution in [1.82, 2.24) is 10.5 Å². The van der Waals surface area contributed by atoms with Crippen molar-refractivity contribution in [2.45, 2.75) is 0 Å². The molecule has 2 heterocycles. The minimum atomic E-state index is 0.856. The molecule has 1 radical (unpaired) electrons. The number of fused-ring (bicyclic) bond motifs is 1. The first kappa shape index (κ1) is 8.73. The predicted molar refractivity (Wildman–Crippen MR) is 58.1 cm³/mol. The number of piperazine rings is 1. The van der Waals surface area contributed by atoms with Gasteiger partial charge in [0.25, 0.3) is 0 Å². The van der Waals surface area contributed by atoms with Gasteiger partial charge in [-0.1, -0.05) is 17.3 Å². The molecule has 0 aliphatic carbocycles.